The minimum Gasteiger partial charge on any atom is -0.366 e. The van der Waals surface area contributed by atoms with Gasteiger partial charge < -0.3 is 20.0 Å². The zero-order valence-corrected chi connectivity index (χ0v) is 16.8. The number of aromatic nitrogens is 1. The molecule has 2 aromatic rings. The maximum Gasteiger partial charge on any atom is 0.317 e. The summed E-state index contributed by atoms with van der Waals surface area (Å²) in [6, 6.07) is 15.5. The summed E-state index contributed by atoms with van der Waals surface area (Å²) >= 11 is 0. The summed E-state index contributed by atoms with van der Waals surface area (Å²) in [5, 5.41) is 3.31. The first-order valence-corrected chi connectivity index (χ1v) is 10.8. The van der Waals surface area contributed by atoms with Crippen LogP contribution >= 0.6 is 0 Å². The van der Waals surface area contributed by atoms with Gasteiger partial charge in [-0.05, 0) is 49.4 Å². The molecule has 0 radical (unpaired) electrons. The van der Waals surface area contributed by atoms with E-state index in [0.717, 1.165) is 64.2 Å². The highest BCUT2D eigenvalue weighted by Crippen LogP contribution is 2.33. The van der Waals surface area contributed by atoms with E-state index in [9.17, 15) is 4.79 Å². The van der Waals surface area contributed by atoms with Crippen LogP contribution in [0.5, 0.6) is 0 Å². The predicted octanol–water partition coefficient (Wildman–Crippen LogP) is 2.90. The predicted molar refractivity (Wildman–Crippen MR) is 115 cm³/mol. The monoisotopic (exact) mass is 391 g/mol. The van der Waals surface area contributed by atoms with Gasteiger partial charge in [-0.15, -0.1) is 0 Å². The highest BCUT2D eigenvalue weighted by Gasteiger charge is 2.34. The second kappa shape index (κ2) is 7.93. The lowest BCUT2D eigenvalue weighted by molar-refractivity contribution is 0.191. The van der Waals surface area contributed by atoms with Gasteiger partial charge in [-0.1, -0.05) is 24.3 Å². The number of fused-ring (bicyclic) bond motifs is 3. The van der Waals surface area contributed by atoms with E-state index >= 15 is 0 Å². The molecule has 2 amide bonds. The van der Waals surface area contributed by atoms with Crippen LogP contribution in [0.4, 0.5) is 16.3 Å². The summed E-state index contributed by atoms with van der Waals surface area (Å²) in [4.78, 5) is 24.3. The largest absolute Gasteiger partial charge is 0.366 e. The number of urea groups is 1. The summed E-state index contributed by atoms with van der Waals surface area (Å²) in [5.41, 5.74) is 2.78. The lowest BCUT2D eigenvalue weighted by Gasteiger charge is -2.34. The number of carbonyl (C=O) groups excluding carboxylic acids is 1. The molecule has 2 fully saturated rings. The molecule has 1 aromatic carbocycles. The second-order valence-electron chi connectivity index (χ2n) is 8.38. The number of piperidine rings is 1. The average molecular weight is 392 g/mol. The normalized spacial score (nSPS) is 22.1. The lowest BCUT2D eigenvalue weighted by Crippen LogP contribution is -2.51. The summed E-state index contributed by atoms with van der Waals surface area (Å²) in [6.45, 7) is 4.57. The van der Waals surface area contributed by atoms with Crippen molar-refractivity contribution in [2.45, 2.75) is 37.8 Å². The molecular formula is C23H29N5O. The second-order valence-corrected chi connectivity index (χ2v) is 8.38. The molecule has 6 heteroatoms. The highest BCUT2D eigenvalue weighted by atomic mass is 16.2. The number of rotatable bonds is 2. The van der Waals surface area contributed by atoms with Gasteiger partial charge in [0.05, 0.1) is 6.04 Å². The number of hydrogen-bond acceptors (Lipinski definition) is 4. The quantitative estimate of drug-likeness (QED) is 0.855. The average Bonchev–Trinajstić information content (AvgIpc) is 2.97. The minimum atomic E-state index is 0.110. The van der Waals surface area contributed by atoms with Crippen molar-refractivity contribution in [3.63, 3.8) is 0 Å². The molecule has 0 bridgehead atoms. The number of benzene rings is 1. The van der Waals surface area contributed by atoms with Crippen molar-refractivity contribution >= 4 is 17.5 Å². The molecule has 2 saturated heterocycles. The van der Waals surface area contributed by atoms with Gasteiger partial charge in [-0.3, -0.25) is 0 Å². The molecule has 0 aliphatic carbocycles. The maximum atomic E-state index is 13.0. The number of para-hydroxylation sites is 1. The smallest absolute Gasteiger partial charge is 0.317 e. The van der Waals surface area contributed by atoms with Crippen LogP contribution in [0, 0.1) is 0 Å². The molecule has 3 aliphatic heterocycles. The fourth-order valence-electron chi connectivity index (χ4n) is 5.01. The van der Waals surface area contributed by atoms with Crippen molar-refractivity contribution in [2.75, 3.05) is 42.5 Å². The standard InChI is InChI=1S/C23H29N5O/c29-23(25-19-9-14-26(15-10-19)22-8-3-4-11-24-22)27-12-5-13-28-20(17-27)16-18-6-1-2-7-21(18)28/h1-4,6-8,11,19-20H,5,9-10,12-17H2,(H,25,29). The summed E-state index contributed by atoms with van der Waals surface area (Å²) in [6.07, 6.45) is 5.85. The van der Waals surface area contributed by atoms with Gasteiger partial charge in [0.15, 0.2) is 0 Å². The van der Waals surface area contributed by atoms with Crippen LogP contribution in [0.25, 0.3) is 0 Å². The van der Waals surface area contributed by atoms with E-state index < -0.39 is 0 Å². The number of hydrogen-bond donors (Lipinski definition) is 1. The molecule has 6 nitrogen and oxygen atoms in total. The summed E-state index contributed by atoms with van der Waals surface area (Å²) in [5.74, 6) is 1.03. The number of amides is 2. The first-order chi connectivity index (χ1) is 14.3. The van der Waals surface area contributed by atoms with E-state index in [4.69, 9.17) is 0 Å². The molecule has 1 aromatic heterocycles. The van der Waals surface area contributed by atoms with Crippen LogP contribution < -0.4 is 15.1 Å². The van der Waals surface area contributed by atoms with Crippen molar-refractivity contribution in [1.82, 2.24) is 15.2 Å². The van der Waals surface area contributed by atoms with E-state index in [1.54, 1.807) is 0 Å². The van der Waals surface area contributed by atoms with Crippen molar-refractivity contribution < 1.29 is 4.79 Å². The van der Waals surface area contributed by atoms with Crippen LogP contribution in [-0.2, 0) is 6.42 Å². The molecule has 29 heavy (non-hydrogen) atoms. The van der Waals surface area contributed by atoms with Gasteiger partial charge in [-0.25, -0.2) is 9.78 Å². The van der Waals surface area contributed by atoms with Gasteiger partial charge in [0.2, 0.25) is 0 Å². The Morgan fingerprint density at radius 3 is 2.66 bits per heavy atom. The zero-order chi connectivity index (χ0) is 19.6. The van der Waals surface area contributed by atoms with Crippen LogP contribution in [0.3, 0.4) is 0 Å². The molecular weight excluding hydrogens is 362 g/mol. The van der Waals surface area contributed by atoms with Crippen LogP contribution in [0.1, 0.15) is 24.8 Å². The van der Waals surface area contributed by atoms with E-state index in [1.807, 2.05) is 23.2 Å². The van der Waals surface area contributed by atoms with Crippen molar-refractivity contribution in [1.29, 1.82) is 0 Å². The van der Waals surface area contributed by atoms with E-state index in [1.165, 1.54) is 11.3 Å². The summed E-state index contributed by atoms with van der Waals surface area (Å²) < 4.78 is 0. The Hall–Kier alpha value is -2.76. The molecule has 5 rings (SSSR count). The third-order valence-electron chi connectivity index (χ3n) is 6.54. The van der Waals surface area contributed by atoms with Gasteiger partial charge in [0, 0.05) is 50.6 Å². The molecule has 4 heterocycles. The highest BCUT2D eigenvalue weighted by molar-refractivity contribution is 5.75. The fourth-order valence-corrected chi connectivity index (χ4v) is 5.01. The SMILES string of the molecule is O=C(NC1CCN(c2ccccn2)CC1)N1CCCN2c3ccccc3CC2C1. The Morgan fingerprint density at radius 1 is 1.00 bits per heavy atom. The molecule has 0 spiro atoms. The van der Waals surface area contributed by atoms with E-state index in [0.29, 0.717) is 6.04 Å². The van der Waals surface area contributed by atoms with Crippen molar-refractivity contribution in [3.8, 4) is 0 Å². The Bertz CT molecular complexity index is 849. The van der Waals surface area contributed by atoms with Crippen LogP contribution in [-0.4, -0.2) is 60.7 Å². The number of nitrogens with zero attached hydrogens (tertiary/aromatic N) is 4. The number of nitrogens with one attached hydrogen (secondary N) is 1. The third kappa shape index (κ3) is 3.76. The molecule has 1 N–H and O–H groups in total. The number of pyridine rings is 1. The van der Waals surface area contributed by atoms with Crippen molar-refractivity contribution in [2.24, 2.45) is 0 Å². The fraction of sp³-hybridized carbons (Fsp3) is 0.478. The first kappa shape index (κ1) is 18.3. The first-order valence-electron chi connectivity index (χ1n) is 10.8. The third-order valence-corrected chi connectivity index (χ3v) is 6.54. The van der Waals surface area contributed by atoms with Crippen LogP contribution in [0.2, 0.25) is 0 Å². The van der Waals surface area contributed by atoms with Crippen LogP contribution in [0.15, 0.2) is 48.7 Å². The molecule has 3 aliphatic rings. The minimum absolute atomic E-state index is 0.110. The Morgan fingerprint density at radius 2 is 1.83 bits per heavy atom. The van der Waals surface area contributed by atoms with Gasteiger partial charge in [0.1, 0.15) is 5.82 Å². The molecule has 1 atom stereocenters. The molecule has 152 valence electrons. The molecule has 1 unspecified atom stereocenters. The Kier molecular flexibility index (Phi) is 5.00. The maximum absolute atomic E-state index is 13.0. The Balaban J connectivity index is 1.16. The van der Waals surface area contributed by atoms with E-state index in [2.05, 4.69) is 50.4 Å². The molecule has 0 saturated carbocycles. The van der Waals surface area contributed by atoms with Gasteiger partial charge >= 0.3 is 6.03 Å². The van der Waals surface area contributed by atoms with Gasteiger partial charge in [-0.2, -0.15) is 0 Å². The number of carbonyl (C=O) groups is 1. The van der Waals surface area contributed by atoms with Crippen molar-refractivity contribution in [3.05, 3.63) is 54.2 Å². The number of anilines is 2. The van der Waals surface area contributed by atoms with E-state index in [-0.39, 0.29) is 12.1 Å². The zero-order valence-electron chi connectivity index (χ0n) is 16.8. The van der Waals surface area contributed by atoms with Gasteiger partial charge in [0.25, 0.3) is 0 Å². The topological polar surface area (TPSA) is 51.7 Å². The lowest BCUT2D eigenvalue weighted by atomic mass is 10.1. The Labute approximate surface area is 172 Å². The summed E-state index contributed by atoms with van der Waals surface area (Å²) in [7, 11) is 0.